The summed E-state index contributed by atoms with van der Waals surface area (Å²) >= 11 is 15.4. The molecule has 1 amide bonds. The van der Waals surface area contributed by atoms with Crippen LogP contribution >= 0.6 is 39.1 Å². The number of halogens is 3. The zero-order valence-electron chi connectivity index (χ0n) is 11.9. The van der Waals surface area contributed by atoms with E-state index in [9.17, 15) is 13.2 Å². The lowest BCUT2D eigenvalue weighted by atomic mass is 10.0. The standard InChI is InChI=1S/C13H15BrCl2N2O3S/c1-7(2)11-13(19)17-3-4-18(11)22(20,21)12-9(15)5-8(14)6-10(12)16/h5-7,11H,3-4H2,1-2H3,(H,17,19). The van der Waals surface area contributed by atoms with Crippen molar-refractivity contribution in [1.82, 2.24) is 9.62 Å². The second-order valence-corrected chi connectivity index (χ2v) is 8.85. The topological polar surface area (TPSA) is 66.5 Å². The number of hydrogen-bond donors (Lipinski definition) is 1. The van der Waals surface area contributed by atoms with E-state index in [0.717, 1.165) is 0 Å². The fourth-order valence-corrected chi connectivity index (χ4v) is 6.07. The summed E-state index contributed by atoms with van der Waals surface area (Å²) in [7, 11) is -3.98. The fraction of sp³-hybridized carbons (Fsp3) is 0.462. The number of benzene rings is 1. The maximum absolute atomic E-state index is 13.0. The Labute approximate surface area is 148 Å². The molecule has 0 aromatic heterocycles. The first kappa shape index (κ1) is 18.0. The molecule has 1 fully saturated rings. The van der Waals surface area contributed by atoms with Crippen LogP contribution in [-0.2, 0) is 14.8 Å². The van der Waals surface area contributed by atoms with Crippen molar-refractivity contribution < 1.29 is 13.2 Å². The molecule has 1 aromatic rings. The van der Waals surface area contributed by atoms with Gasteiger partial charge in [-0.15, -0.1) is 0 Å². The molecule has 0 spiro atoms. The number of nitrogens with zero attached hydrogens (tertiary/aromatic N) is 1. The molecule has 0 bridgehead atoms. The number of rotatable bonds is 3. The summed E-state index contributed by atoms with van der Waals surface area (Å²) in [6.07, 6.45) is 0. The zero-order valence-corrected chi connectivity index (χ0v) is 15.9. The van der Waals surface area contributed by atoms with Gasteiger partial charge in [0.25, 0.3) is 0 Å². The second-order valence-electron chi connectivity index (χ2n) is 5.29. The molecule has 1 atom stereocenters. The first-order valence-electron chi connectivity index (χ1n) is 6.60. The van der Waals surface area contributed by atoms with Gasteiger partial charge >= 0.3 is 0 Å². The van der Waals surface area contributed by atoms with Crippen LogP contribution in [-0.4, -0.2) is 37.8 Å². The van der Waals surface area contributed by atoms with E-state index in [0.29, 0.717) is 4.47 Å². The Morgan fingerprint density at radius 3 is 2.36 bits per heavy atom. The van der Waals surface area contributed by atoms with Crippen LogP contribution in [0.3, 0.4) is 0 Å². The van der Waals surface area contributed by atoms with Crippen LogP contribution in [0.25, 0.3) is 0 Å². The molecule has 5 nitrogen and oxygen atoms in total. The Hall–Kier alpha value is -0.340. The molecule has 1 N–H and O–H groups in total. The molecule has 1 aromatic carbocycles. The van der Waals surface area contributed by atoms with Crippen LogP contribution in [0.4, 0.5) is 0 Å². The van der Waals surface area contributed by atoms with Gasteiger partial charge in [0.05, 0.1) is 10.0 Å². The summed E-state index contributed by atoms with van der Waals surface area (Å²) in [5.41, 5.74) is 0. The Morgan fingerprint density at radius 2 is 1.86 bits per heavy atom. The average Bonchev–Trinajstić information content (AvgIpc) is 2.36. The van der Waals surface area contributed by atoms with E-state index >= 15 is 0 Å². The van der Waals surface area contributed by atoms with E-state index in [1.165, 1.54) is 16.4 Å². The van der Waals surface area contributed by atoms with Crippen LogP contribution in [0.5, 0.6) is 0 Å². The van der Waals surface area contributed by atoms with Gasteiger partial charge in [0.15, 0.2) is 0 Å². The molecule has 9 heteroatoms. The summed E-state index contributed by atoms with van der Waals surface area (Å²) in [6.45, 7) is 4.03. The number of sulfonamides is 1. The molecule has 1 aliphatic rings. The third kappa shape index (κ3) is 3.28. The summed E-state index contributed by atoms with van der Waals surface area (Å²) < 4.78 is 27.7. The maximum atomic E-state index is 13.0. The molecule has 0 saturated carbocycles. The third-order valence-electron chi connectivity index (χ3n) is 3.37. The molecular weight excluding hydrogens is 415 g/mol. The largest absolute Gasteiger partial charge is 0.353 e. The van der Waals surface area contributed by atoms with Crippen molar-refractivity contribution >= 4 is 55.1 Å². The molecule has 1 unspecified atom stereocenters. The van der Waals surface area contributed by atoms with Gasteiger partial charge in [-0.05, 0) is 18.1 Å². The van der Waals surface area contributed by atoms with Crippen LogP contribution in [0.2, 0.25) is 10.0 Å². The monoisotopic (exact) mass is 428 g/mol. The van der Waals surface area contributed by atoms with Crippen LogP contribution in [0.15, 0.2) is 21.5 Å². The van der Waals surface area contributed by atoms with E-state index in [-0.39, 0.29) is 39.9 Å². The average molecular weight is 430 g/mol. The Balaban J connectivity index is 2.56. The van der Waals surface area contributed by atoms with Gasteiger partial charge in [0, 0.05) is 17.6 Å². The summed E-state index contributed by atoms with van der Waals surface area (Å²) in [4.78, 5) is 11.9. The molecule has 122 valence electrons. The highest BCUT2D eigenvalue weighted by Gasteiger charge is 2.41. The minimum absolute atomic E-state index is 0.0212. The van der Waals surface area contributed by atoms with E-state index in [1.807, 2.05) is 0 Å². The van der Waals surface area contributed by atoms with Gasteiger partial charge in [-0.25, -0.2) is 8.42 Å². The van der Waals surface area contributed by atoms with Crippen molar-refractivity contribution in [2.45, 2.75) is 24.8 Å². The van der Waals surface area contributed by atoms with Gasteiger partial charge in [-0.2, -0.15) is 4.31 Å². The highest BCUT2D eigenvalue weighted by Crippen LogP contribution is 2.36. The number of piperazine rings is 1. The van der Waals surface area contributed by atoms with Gasteiger partial charge in [0.2, 0.25) is 15.9 Å². The summed E-state index contributed by atoms with van der Waals surface area (Å²) in [6, 6.07) is 2.15. The van der Waals surface area contributed by atoms with E-state index in [1.54, 1.807) is 13.8 Å². The first-order valence-corrected chi connectivity index (χ1v) is 9.59. The fourth-order valence-electron chi connectivity index (χ4n) is 2.46. The third-order valence-corrected chi connectivity index (χ3v) is 6.63. The van der Waals surface area contributed by atoms with Crippen molar-refractivity contribution in [2.24, 2.45) is 5.92 Å². The normalized spacial score (nSPS) is 20.3. The maximum Gasteiger partial charge on any atom is 0.246 e. The smallest absolute Gasteiger partial charge is 0.246 e. The second kappa shape index (κ2) is 6.65. The highest BCUT2D eigenvalue weighted by molar-refractivity contribution is 9.10. The van der Waals surface area contributed by atoms with Crippen LogP contribution < -0.4 is 5.32 Å². The Kier molecular flexibility index (Phi) is 5.44. The summed E-state index contributed by atoms with van der Waals surface area (Å²) in [5.74, 6) is -0.489. The molecule has 1 heterocycles. The SMILES string of the molecule is CC(C)C1C(=O)NCCN1S(=O)(=O)c1c(Cl)cc(Br)cc1Cl. The highest BCUT2D eigenvalue weighted by atomic mass is 79.9. The minimum Gasteiger partial charge on any atom is -0.353 e. The molecule has 1 aliphatic heterocycles. The number of nitrogens with one attached hydrogen (secondary N) is 1. The van der Waals surface area contributed by atoms with Gasteiger partial charge in [-0.3, -0.25) is 4.79 Å². The zero-order chi connectivity index (χ0) is 16.7. The predicted octanol–water partition coefficient (Wildman–Crippen LogP) is 2.90. The molecular formula is C13H15BrCl2N2O3S. The van der Waals surface area contributed by atoms with E-state index in [4.69, 9.17) is 23.2 Å². The lowest BCUT2D eigenvalue weighted by Crippen LogP contribution is -2.59. The van der Waals surface area contributed by atoms with E-state index < -0.39 is 16.1 Å². The number of carbonyl (C=O) groups is 1. The quantitative estimate of drug-likeness (QED) is 0.803. The van der Waals surface area contributed by atoms with Crippen molar-refractivity contribution in [1.29, 1.82) is 0 Å². The number of carbonyl (C=O) groups excluding carboxylic acids is 1. The first-order chi connectivity index (χ1) is 10.2. The van der Waals surface area contributed by atoms with Crippen LogP contribution in [0, 0.1) is 5.92 Å². The van der Waals surface area contributed by atoms with Crippen molar-refractivity contribution in [3.8, 4) is 0 Å². The number of hydrogen-bond acceptors (Lipinski definition) is 3. The van der Waals surface area contributed by atoms with Gasteiger partial charge in [-0.1, -0.05) is 53.0 Å². The van der Waals surface area contributed by atoms with Crippen LogP contribution in [0.1, 0.15) is 13.8 Å². The summed E-state index contributed by atoms with van der Waals surface area (Å²) in [5, 5.41) is 2.73. The predicted molar refractivity (Wildman–Crippen MR) is 89.7 cm³/mol. The lowest BCUT2D eigenvalue weighted by molar-refractivity contribution is -0.128. The Morgan fingerprint density at radius 1 is 1.32 bits per heavy atom. The lowest BCUT2D eigenvalue weighted by Gasteiger charge is -2.36. The van der Waals surface area contributed by atoms with Gasteiger partial charge in [0.1, 0.15) is 10.9 Å². The molecule has 22 heavy (non-hydrogen) atoms. The van der Waals surface area contributed by atoms with Crippen molar-refractivity contribution in [3.63, 3.8) is 0 Å². The Bertz CT molecular complexity index is 686. The minimum atomic E-state index is -3.98. The molecule has 2 rings (SSSR count). The molecule has 0 aliphatic carbocycles. The van der Waals surface area contributed by atoms with Crippen molar-refractivity contribution in [3.05, 3.63) is 26.7 Å². The molecule has 0 radical (unpaired) electrons. The van der Waals surface area contributed by atoms with Crippen molar-refractivity contribution in [2.75, 3.05) is 13.1 Å². The number of amides is 1. The van der Waals surface area contributed by atoms with Gasteiger partial charge < -0.3 is 5.32 Å². The molecule has 1 saturated heterocycles. The van der Waals surface area contributed by atoms with E-state index in [2.05, 4.69) is 21.2 Å².